The van der Waals surface area contributed by atoms with Gasteiger partial charge in [-0.2, -0.15) is 0 Å². The molecular formula is C23H25FN4O3S. The number of piperazine rings is 1. The Kier molecular flexibility index (Phi) is 5.46. The fourth-order valence-corrected chi connectivity index (χ4v) is 5.68. The van der Waals surface area contributed by atoms with Gasteiger partial charge in [-0.15, -0.1) is 11.3 Å². The quantitative estimate of drug-likeness (QED) is 0.715. The van der Waals surface area contributed by atoms with Gasteiger partial charge < -0.3 is 9.80 Å². The lowest BCUT2D eigenvalue weighted by Crippen LogP contribution is -2.52. The first-order chi connectivity index (χ1) is 15.4. The van der Waals surface area contributed by atoms with Crippen LogP contribution in [0.2, 0.25) is 0 Å². The first-order valence-corrected chi connectivity index (χ1v) is 11.8. The maximum absolute atomic E-state index is 15.0. The summed E-state index contributed by atoms with van der Waals surface area (Å²) in [6, 6.07) is 4.51. The normalized spacial score (nSPS) is 21.8. The lowest BCUT2D eigenvalue weighted by Gasteiger charge is -2.36. The van der Waals surface area contributed by atoms with Crippen molar-refractivity contribution in [2.75, 3.05) is 31.1 Å². The number of fused-ring (bicyclic) bond motifs is 1. The molecule has 9 heteroatoms. The van der Waals surface area contributed by atoms with E-state index < -0.39 is 17.8 Å². The van der Waals surface area contributed by atoms with E-state index in [9.17, 15) is 14.4 Å². The first-order valence-electron chi connectivity index (χ1n) is 10.9. The van der Waals surface area contributed by atoms with Gasteiger partial charge in [-0.1, -0.05) is 0 Å². The molecule has 168 valence electrons. The molecule has 0 spiro atoms. The van der Waals surface area contributed by atoms with E-state index in [1.165, 1.54) is 21.4 Å². The van der Waals surface area contributed by atoms with E-state index in [2.05, 4.69) is 28.6 Å². The standard InChI is InChI=1S/C23H25FN4O3S/c1-14-4-9-32-20(14)13-26-5-7-27(8-6-26)19-10-15-12-28(23(31)16(15)11-17(19)24)18-2-3-21(29)25-22(18)30/h4,9-11,18H,2-3,5-8,12-13H2,1H3,(H,25,29,30). The van der Waals surface area contributed by atoms with Crippen LogP contribution in [0.5, 0.6) is 0 Å². The van der Waals surface area contributed by atoms with Crippen LogP contribution in [0.25, 0.3) is 0 Å². The van der Waals surface area contributed by atoms with Crippen molar-refractivity contribution in [3.8, 4) is 0 Å². The number of nitrogens with zero attached hydrogens (tertiary/aromatic N) is 3. The molecule has 0 saturated carbocycles. The van der Waals surface area contributed by atoms with Gasteiger partial charge in [0.05, 0.1) is 5.69 Å². The van der Waals surface area contributed by atoms with Crippen molar-refractivity contribution in [1.29, 1.82) is 0 Å². The van der Waals surface area contributed by atoms with Crippen LogP contribution in [-0.2, 0) is 22.7 Å². The monoisotopic (exact) mass is 456 g/mol. The molecule has 1 N–H and O–H groups in total. The molecule has 2 saturated heterocycles. The summed E-state index contributed by atoms with van der Waals surface area (Å²) in [4.78, 5) is 43.8. The van der Waals surface area contributed by atoms with Crippen LogP contribution < -0.4 is 10.2 Å². The smallest absolute Gasteiger partial charge is 0.255 e. The number of nitrogens with one attached hydrogen (secondary N) is 1. The zero-order valence-corrected chi connectivity index (χ0v) is 18.7. The predicted molar refractivity (Wildman–Crippen MR) is 119 cm³/mol. The summed E-state index contributed by atoms with van der Waals surface area (Å²) in [6.45, 7) is 6.41. The van der Waals surface area contributed by atoms with Crippen LogP contribution in [0, 0.1) is 12.7 Å². The molecule has 1 aromatic heterocycles. The number of aryl methyl sites for hydroxylation is 1. The van der Waals surface area contributed by atoms with Gasteiger partial charge >= 0.3 is 0 Å². The van der Waals surface area contributed by atoms with Crippen molar-refractivity contribution in [3.05, 3.63) is 51.0 Å². The summed E-state index contributed by atoms with van der Waals surface area (Å²) in [7, 11) is 0. The number of hydrogen-bond donors (Lipinski definition) is 1. The SMILES string of the molecule is Cc1ccsc1CN1CCN(c2cc3c(cc2F)C(=O)N(C2CCC(=O)NC2=O)C3)CC1. The Morgan fingerprint density at radius 1 is 1.16 bits per heavy atom. The predicted octanol–water partition coefficient (Wildman–Crippen LogP) is 2.28. The Labute approximate surface area is 189 Å². The van der Waals surface area contributed by atoms with E-state index in [4.69, 9.17) is 0 Å². The second-order valence-corrected chi connectivity index (χ2v) is 9.65. The average Bonchev–Trinajstić information content (AvgIpc) is 3.31. The van der Waals surface area contributed by atoms with Crippen molar-refractivity contribution in [2.45, 2.75) is 38.9 Å². The lowest BCUT2D eigenvalue weighted by molar-refractivity contribution is -0.136. The van der Waals surface area contributed by atoms with E-state index >= 15 is 4.39 Å². The van der Waals surface area contributed by atoms with Crippen molar-refractivity contribution in [3.63, 3.8) is 0 Å². The summed E-state index contributed by atoms with van der Waals surface area (Å²) in [5, 5.41) is 4.40. The van der Waals surface area contributed by atoms with Gasteiger partial charge in [0.25, 0.3) is 5.91 Å². The van der Waals surface area contributed by atoms with Gasteiger partial charge in [-0.05, 0) is 48.1 Å². The van der Waals surface area contributed by atoms with Gasteiger partial charge in [-0.25, -0.2) is 4.39 Å². The number of benzene rings is 1. The zero-order valence-electron chi connectivity index (χ0n) is 17.9. The molecule has 3 aliphatic rings. The molecule has 2 fully saturated rings. The van der Waals surface area contributed by atoms with Crippen molar-refractivity contribution < 1.29 is 18.8 Å². The molecular weight excluding hydrogens is 431 g/mol. The minimum absolute atomic E-state index is 0.200. The summed E-state index contributed by atoms with van der Waals surface area (Å²) >= 11 is 1.77. The van der Waals surface area contributed by atoms with Crippen LogP contribution in [0.1, 0.15) is 39.2 Å². The van der Waals surface area contributed by atoms with Crippen molar-refractivity contribution in [2.24, 2.45) is 0 Å². The van der Waals surface area contributed by atoms with Gasteiger partial charge in [0.15, 0.2) is 0 Å². The lowest BCUT2D eigenvalue weighted by atomic mass is 10.0. The summed E-state index contributed by atoms with van der Waals surface area (Å²) in [6.07, 6.45) is 0.497. The van der Waals surface area contributed by atoms with Gasteiger partial charge in [-0.3, -0.25) is 24.6 Å². The Morgan fingerprint density at radius 3 is 2.62 bits per heavy atom. The molecule has 0 radical (unpaired) electrons. The number of carbonyl (C=O) groups excluding carboxylic acids is 3. The fourth-order valence-electron chi connectivity index (χ4n) is 4.73. The van der Waals surface area contributed by atoms with Crippen LogP contribution in [0.15, 0.2) is 23.6 Å². The molecule has 4 heterocycles. The molecule has 3 aliphatic heterocycles. The van der Waals surface area contributed by atoms with Crippen LogP contribution >= 0.6 is 11.3 Å². The number of thiophene rings is 1. The maximum atomic E-state index is 15.0. The fraction of sp³-hybridized carbons (Fsp3) is 0.435. The maximum Gasteiger partial charge on any atom is 0.255 e. The minimum atomic E-state index is -0.691. The molecule has 5 rings (SSSR count). The summed E-state index contributed by atoms with van der Waals surface area (Å²) < 4.78 is 15.0. The highest BCUT2D eigenvalue weighted by atomic mass is 32.1. The number of rotatable bonds is 4. The summed E-state index contributed by atoms with van der Waals surface area (Å²) in [5.41, 5.74) is 2.86. The summed E-state index contributed by atoms with van der Waals surface area (Å²) in [5.74, 6) is -1.54. The molecule has 1 atom stereocenters. The molecule has 0 aliphatic carbocycles. The molecule has 0 bridgehead atoms. The van der Waals surface area contributed by atoms with E-state index in [1.54, 1.807) is 17.4 Å². The second kappa shape index (κ2) is 8.29. The largest absolute Gasteiger partial charge is 0.367 e. The van der Waals surface area contributed by atoms with E-state index in [0.717, 1.165) is 25.2 Å². The number of amides is 3. The molecule has 32 heavy (non-hydrogen) atoms. The Balaban J connectivity index is 1.28. The number of hydrogen-bond acceptors (Lipinski definition) is 6. The highest BCUT2D eigenvalue weighted by Gasteiger charge is 2.39. The van der Waals surface area contributed by atoms with Crippen LogP contribution in [-0.4, -0.2) is 59.7 Å². The van der Waals surface area contributed by atoms with E-state index in [-0.39, 0.29) is 24.8 Å². The van der Waals surface area contributed by atoms with Crippen LogP contribution in [0.3, 0.4) is 0 Å². The first kappa shape index (κ1) is 21.1. The number of halogens is 1. The van der Waals surface area contributed by atoms with Crippen molar-refractivity contribution in [1.82, 2.24) is 15.1 Å². The van der Waals surface area contributed by atoms with Gasteiger partial charge in [0.1, 0.15) is 11.9 Å². The number of anilines is 1. The minimum Gasteiger partial charge on any atom is -0.367 e. The Hall–Kier alpha value is -2.78. The Bertz CT molecular complexity index is 1090. The molecule has 3 amide bonds. The third-order valence-electron chi connectivity index (χ3n) is 6.64. The zero-order chi connectivity index (χ0) is 22.4. The molecule has 2 aromatic rings. The third kappa shape index (κ3) is 3.80. The number of carbonyl (C=O) groups is 3. The van der Waals surface area contributed by atoms with E-state index in [1.807, 2.05) is 4.90 Å². The highest BCUT2D eigenvalue weighted by Crippen LogP contribution is 2.33. The molecule has 7 nitrogen and oxygen atoms in total. The van der Waals surface area contributed by atoms with E-state index in [0.29, 0.717) is 30.8 Å². The topological polar surface area (TPSA) is 73.0 Å². The molecule has 1 unspecified atom stereocenters. The average molecular weight is 457 g/mol. The van der Waals surface area contributed by atoms with Gasteiger partial charge in [0.2, 0.25) is 11.8 Å². The number of imide groups is 1. The van der Waals surface area contributed by atoms with Gasteiger partial charge in [0, 0.05) is 56.1 Å². The number of piperidine rings is 1. The Morgan fingerprint density at radius 2 is 1.94 bits per heavy atom. The third-order valence-corrected chi connectivity index (χ3v) is 7.65. The van der Waals surface area contributed by atoms with Crippen molar-refractivity contribution >= 4 is 34.7 Å². The highest BCUT2D eigenvalue weighted by molar-refractivity contribution is 7.10. The van der Waals surface area contributed by atoms with Crippen LogP contribution in [0.4, 0.5) is 10.1 Å². The molecule has 1 aromatic carbocycles. The second-order valence-electron chi connectivity index (χ2n) is 8.65.